The first-order valence-corrected chi connectivity index (χ1v) is 13.1. The fourth-order valence-corrected chi connectivity index (χ4v) is 5.13. The first-order valence-electron chi connectivity index (χ1n) is 11.5. The number of nitrogens with one attached hydrogen (secondary N) is 2. The summed E-state index contributed by atoms with van der Waals surface area (Å²) >= 11 is 0. The number of para-hydroxylation sites is 1. The molecule has 3 rings (SSSR count). The lowest BCUT2D eigenvalue weighted by Gasteiger charge is -2.25. The van der Waals surface area contributed by atoms with Crippen molar-refractivity contribution in [3.05, 3.63) is 62.9 Å². The summed E-state index contributed by atoms with van der Waals surface area (Å²) in [6.45, 7) is 7.66. The van der Waals surface area contributed by atoms with Gasteiger partial charge >= 0.3 is 19.4 Å². The highest BCUT2D eigenvalue weighted by molar-refractivity contribution is 7.52. The van der Waals surface area contributed by atoms with Crippen molar-refractivity contribution in [3.63, 3.8) is 0 Å². The molecule has 1 fully saturated rings. The summed E-state index contributed by atoms with van der Waals surface area (Å²) in [6, 6.07) is 7.20. The van der Waals surface area contributed by atoms with Gasteiger partial charge in [-0.25, -0.2) is 9.36 Å². The summed E-state index contributed by atoms with van der Waals surface area (Å²) in [5.74, 6) is -0.986. The molecule has 3 unspecified atom stereocenters. The van der Waals surface area contributed by atoms with Crippen LogP contribution in [0.1, 0.15) is 39.5 Å². The zero-order chi connectivity index (χ0) is 26.6. The minimum Gasteiger partial charge on any atom is -0.462 e. The minimum absolute atomic E-state index is 0.229. The maximum absolute atomic E-state index is 13.6. The van der Waals surface area contributed by atoms with Crippen LogP contribution in [0, 0.1) is 12.8 Å². The lowest BCUT2D eigenvalue weighted by Crippen LogP contribution is -2.37. The largest absolute Gasteiger partial charge is 0.462 e. The van der Waals surface area contributed by atoms with Crippen LogP contribution < -0.4 is 20.9 Å². The number of carbonyl (C=O) groups is 1. The van der Waals surface area contributed by atoms with Gasteiger partial charge in [0.15, 0.2) is 0 Å². The quantitative estimate of drug-likeness (QED) is 0.309. The SMILES string of the molecule is Cc1cn([C@H]2OC(COP(=O)(N[C@@H](C)C(=O)OC(C)C)Oc3ccccc3)[C@@H](O)C2C)c(=O)[nH]c1=O. The molecular weight excluding hydrogens is 493 g/mol. The third kappa shape index (κ3) is 6.71. The molecule has 0 spiro atoms. The topological polar surface area (TPSA) is 158 Å². The van der Waals surface area contributed by atoms with E-state index in [1.807, 2.05) is 0 Å². The Morgan fingerprint density at radius 2 is 1.92 bits per heavy atom. The summed E-state index contributed by atoms with van der Waals surface area (Å²) in [6.07, 6.45) is -2.01. The number of rotatable bonds is 10. The molecule has 1 aliphatic rings. The number of esters is 1. The van der Waals surface area contributed by atoms with Gasteiger partial charge in [0.25, 0.3) is 5.56 Å². The zero-order valence-electron chi connectivity index (χ0n) is 20.7. The number of H-pyrrole nitrogens is 1. The van der Waals surface area contributed by atoms with Gasteiger partial charge in [0.2, 0.25) is 0 Å². The van der Waals surface area contributed by atoms with E-state index in [2.05, 4.69) is 10.1 Å². The number of hydrogen-bond donors (Lipinski definition) is 3. The molecule has 0 aliphatic carbocycles. The molecule has 0 amide bonds. The molecule has 2 heterocycles. The average Bonchev–Trinajstić information content (AvgIpc) is 3.08. The van der Waals surface area contributed by atoms with E-state index in [1.54, 1.807) is 58.0 Å². The van der Waals surface area contributed by atoms with Crippen molar-refractivity contribution in [2.45, 2.75) is 65.2 Å². The third-order valence-corrected chi connectivity index (χ3v) is 7.18. The van der Waals surface area contributed by atoms with Crippen LogP contribution in [0.4, 0.5) is 0 Å². The Kier molecular flexibility index (Phi) is 8.91. The molecule has 1 aromatic heterocycles. The summed E-state index contributed by atoms with van der Waals surface area (Å²) in [5.41, 5.74) is -0.905. The number of aliphatic hydroxyl groups excluding tert-OH is 1. The normalized spacial score (nSPS) is 24.3. The lowest BCUT2D eigenvalue weighted by atomic mass is 10.0. The summed E-state index contributed by atoms with van der Waals surface area (Å²) in [5, 5.41) is 13.3. The lowest BCUT2D eigenvalue weighted by molar-refractivity contribution is -0.149. The summed E-state index contributed by atoms with van der Waals surface area (Å²) in [7, 11) is -4.17. The summed E-state index contributed by atoms with van der Waals surface area (Å²) < 4.78 is 37.0. The number of aromatic amines is 1. The number of hydrogen-bond acceptors (Lipinski definition) is 9. The maximum atomic E-state index is 13.6. The van der Waals surface area contributed by atoms with Gasteiger partial charge in [0.05, 0.1) is 18.8 Å². The van der Waals surface area contributed by atoms with E-state index in [9.17, 15) is 24.1 Å². The van der Waals surface area contributed by atoms with Gasteiger partial charge in [-0.1, -0.05) is 25.1 Å². The number of ether oxygens (including phenoxy) is 2. The smallest absolute Gasteiger partial charge is 0.459 e. The number of aryl methyl sites for hydroxylation is 1. The van der Waals surface area contributed by atoms with Crippen LogP contribution in [-0.2, 0) is 23.4 Å². The van der Waals surface area contributed by atoms with Crippen LogP contribution in [0.2, 0.25) is 0 Å². The molecule has 0 radical (unpaired) electrons. The molecule has 1 aromatic carbocycles. The first kappa shape index (κ1) is 27.8. The zero-order valence-corrected chi connectivity index (χ0v) is 21.6. The van der Waals surface area contributed by atoms with Crippen molar-refractivity contribution in [2.24, 2.45) is 5.92 Å². The Labute approximate surface area is 208 Å². The molecule has 13 heteroatoms. The third-order valence-electron chi connectivity index (χ3n) is 5.54. The van der Waals surface area contributed by atoms with Crippen LogP contribution in [0.5, 0.6) is 5.75 Å². The van der Waals surface area contributed by atoms with Gasteiger partial charge in [-0.2, -0.15) is 5.09 Å². The van der Waals surface area contributed by atoms with Crippen LogP contribution >= 0.6 is 7.75 Å². The van der Waals surface area contributed by atoms with Crippen molar-refractivity contribution in [3.8, 4) is 5.75 Å². The van der Waals surface area contributed by atoms with Gasteiger partial charge in [-0.05, 0) is 39.8 Å². The predicted molar refractivity (Wildman–Crippen MR) is 130 cm³/mol. The predicted octanol–water partition coefficient (Wildman–Crippen LogP) is 1.87. The average molecular weight is 525 g/mol. The number of nitrogens with zero attached hydrogens (tertiary/aromatic N) is 1. The number of carbonyl (C=O) groups excluding carboxylic acids is 1. The van der Waals surface area contributed by atoms with E-state index in [-0.39, 0.29) is 18.5 Å². The Balaban J connectivity index is 1.77. The van der Waals surface area contributed by atoms with E-state index in [4.69, 9.17) is 18.5 Å². The Morgan fingerprint density at radius 3 is 2.56 bits per heavy atom. The number of aromatic nitrogens is 2. The van der Waals surface area contributed by atoms with Gasteiger partial charge in [0, 0.05) is 17.7 Å². The van der Waals surface area contributed by atoms with Crippen LogP contribution in [0.25, 0.3) is 0 Å². The maximum Gasteiger partial charge on any atom is 0.459 e. The molecule has 1 aliphatic heterocycles. The molecule has 0 bridgehead atoms. The fourth-order valence-electron chi connectivity index (χ4n) is 3.63. The second-order valence-corrected chi connectivity index (χ2v) is 10.6. The van der Waals surface area contributed by atoms with Crippen LogP contribution in [-0.4, -0.2) is 51.6 Å². The second-order valence-electron chi connectivity index (χ2n) is 8.93. The number of benzene rings is 1. The summed E-state index contributed by atoms with van der Waals surface area (Å²) in [4.78, 5) is 38.5. The van der Waals surface area contributed by atoms with Gasteiger partial charge in [-0.3, -0.25) is 23.7 Å². The molecule has 3 N–H and O–H groups in total. The molecule has 36 heavy (non-hydrogen) atoms. The van der Waals surface area contributed by atoms with Crippen molar-refractivity contribution >= 4 is 13.7 Å². The fraction of sp³-hybridized carbons (Fsp3) is 0.522. The van der Waals surface area contributed by atoms with Crippen molar-refractivity contribution < 1.29 is 33.0 Å². The highest BCUT2D eigenvalue weighted by Gasteiger charge is 2.44. The van der Waals surface area contributed by atoms with E-state index < -0.39 is 55.4 Å². The van der Waals surface area contributed by atoms with E-state index in [0.29, 0.717) is 5.56 Å². The highest BCUT2D eigenvalue weighted by Crippen LogP contribution is 2.46. The Morgan fingerprint density at radius 1 is 1.25 bits per heavy atom. The minimum atomic E-state index is -4.17. The van der Waals surface area contributed by atoms with Gasteiger partial charge in [0.1, 0.15) is 24.1 Å². The number of aliphatic hydroxyl groups is 1. The standard InChI is InChI=1S/C23H32N3O9P/c1-13(2)33-22(29)16(5)25-36(31,35-17-9-7-6-8-10-17)32-12-18-19(27)15(4)21(34-18)26-11-14(3)20(28)24-23(26)30/h6-11,13,15-16,18-19,21,27H,12H2,1-5H3,(H,25,31)(H,24,28,30)/t15?,16-,18?,19-,21-,36?/m0/s1. The molecule has 198 valence electrons. The monoisotopic (exact) mass is 525 g/mol. The first-order chi connectivity index (χ1) is 16.9. The molecule has 6 atom stereocenters. The second kappa shape index (κ2) is 11.5. The van der Waals surface area contributed by atoms with Gasteiger partial charge < -0.3 is 19.1 Å². The molecule has 2 aromatic rings. The van der Waals surface area contributed by atoms with Crippen molar-refractivity contribution in [1.29, 1.82) is 0 Å². The van der Waals surface area contributed by atoms with E-state index in [1.165, 1.54) is 17.7 Å². The van der Waals surface area contributed by atoms with Gasteiger partial charge in [-0.15, -0.1) is 0 Å². The molecule has 1 saturated heterocycles. The molecular formula is C23H32N3O9P. The molecule has 0 saturated carbocycles. The Bertz CT molecular complexity index is 1210. The Hall–Kier alpha value is -2.76. The van der Waals surface area contributed by atoms with Crippen LogP contribution in [0.3, 0.4) is 0 Å². The molecule has 12 nitrogen and oxygen atoms in total. The highest BCUT2D eigenvalue weighted by atomic mass is 31.2. The van der Waals surface area contributed by atoms with Crippen molar-refractivity contribution in [2.75, 3.05) is 6.61 Å². The van der Waals surface area contributed by atoms with Crippen molar-refractivity contribution in [1.82, 2.24) is 14.6 Å². The van der Waals surface area contributed by atoms with Crippen LogP contribution in [0.15, 0.2) is 46.1 Å². The van der Waals surface area contributed by atoms with E-state index >= 15 is 0 Å². The van der Waals surface area contributed by atoms with E-state index in [0.717, 1.165) is 0 Å².